The number of furan rings is 1. The van der Waals surface area contributed by atoms with E-state index in [2.05, 4.69) is 18.1 Å². The zero-order valence-electron chi connectivity index (χ0n) is 14.8. The molecule has 0 aliphatic carbocycles. The van der Waals surface area contributed by atoms with Crippen LogP contribution in [0, 0.1) is 0 Å². The zero-order valence-corrected chi connectivity index (χ0v) is 16.5. The number of esters is 1. The summed E-state index contributed by atoms with van der Waals surface area (Å²) in [5.41, 5.74) is 0.550. The molecule has 0 radical (unpaired) electrons. The number of hydrogen-bond donors (Lipinski definition) is 2. The van der Waals surface area contributed by atoms with Gasteiger partial charge < -0.3 is 14.5 Å². The van der Waals surface area contributed by atoms with Crippen molar-refractivity contribution in [3.8, 4) is 5.75 Å². The van der Waals surface area contributed by atoms with Crippen LogP contribution < -0.4 is 14.4 Å². The number of thiol groups is 1. The quantitative estimate of drug-likeness (QED) is 0.194. The Kier molecular flexibility index (Phi) is 7.05. The largest absolute Gasteiger partial charge is 0.457 e. The van der Waals surface area contributed by atoms with Gasteiger partial charge in [-0.15, -0.1) is 11.8 Å². The second kappa shape index (κ2) is 9.91. The Bertz CT molecular complexity index is 900. The average molecular weight is 415 g/mol. The number of hydrogen-bond acceptors (Lipinski definition) is 6. The summed E-state index contributed by atoms with van der Waals surface area (Å²) in [5.74, 6) is 0.618. The molecule has 0 unspecified atom stereocenters. The van der Waals surface area contributed by atoms with Gasteiger partial charge in [-0.2, -0.15) is 0 Å². The van der Waals surface area contributed by atoms with Gasteiger partial charge in [0.05, 0.1) is 12.0 Å². The highest BCUT2D eigenvalue weighted by Crippen LogP contribution is 2.22. The molecule has 0 aliphatic rings. The van der Waals surface area contributed by atoms with Crippen LogP contribution in [0.25, 0.3) is 0 Å². The molecule has 1 aromatic heterocycles. The van der Waals surface area contributed by atoms with Gasteiger partial charge in [0.15, 0.2) is 0 Å². The zero-order chi connectivity index (χ0) is 19.8. The predicted octanol–water partition coefficient (Wildman–Crippen LogP) is 4.65. The van der Waals surface area contributed by atoms with Gasteiger partial charge in [-0.25, -0.2) is 13.9 Å². The average Bonchev–Trinajstić information content (AvgIpc) is 3.27. The first-order chi connectivity index (χ1) is 13.6. The Morgan fingerprint density at radius 2 is 1.79 bits per heavy atom. The Balaban J connectivity index is 1.46. The van der Waals surface area contributed by atoms with Gasteiger partial charge in [-0.05, 0) is 48.5 Å². The minimum absolute atomic E-state index is 0.118. The molecule has 0 aliphatic heterocycles. The molecule has 0 saturated heterocycles. The van der Waals surface area contributed by atoms with Gasteiger partial charge in [0.1, 0.15) is 5.75 Å². The molecular weight excluding hydrogens is 396 g/mol. The molecule has 0 atom stereocenters. The van der Waals surface area contributed by atoms with Crippen molar-refractivity contribution in [1.82, 2.24) is 5.32 Å². The second-order valence-corrected chi connectivity index (χ2v) is 7.13. The predicted molar refractivity (Wildman–Crippen MR) is 112 cm³/mol. The molecule has 3 aromatic rings. The third kappa shape index (κ3) is 5.58. The maximum atomic E-state index is 12.2. The Hall–Kier alpha value is -2.84. The SMILES string of the molecule is O=C(Oc1ccc(N(S)C(=O)NCCSc2ccccc2)cc1)c1ccco1. The van der Waals surface area contributed by atoms with Crippen molar-refractivity contribution in [1.29, 1.82) is 0 Å². The summed E-state index contributed by atoms with van der Waals surface area (Å²) < 4.78 is 11.4. The van der Waals surface area contributed by atoms with Gasteiger partial charge in [0, 0.05) is 17.2 Å². The number of amides is 2. The van der Waals surface area contributed by atoms with Crippen molar-refractivity contribution in [2.45, 2.75) is 4.90 Å². The molecule has 1 heterocycles. The highest BCUT2D eigenvalue weighted by atomic mass is 32.2. The van der Waals surface area contributed by atoms with E-state index in [0.717, 1.165) is 10.6 Å². The lowest BCUT2D eigenvalue weighted by Crippen LogP contribution is -2.35. The van der Waals surface area contributed by atoms with E-state index >= 15 is 0 Å². The lowest BCUT2D eigenvalue weighted by Gasteiger charge is -2.16. The van der Waals surface area contributed by atoms with Crippen LogP contribution in [-0.2, 0) is 0 Å². The summed E-state index contributed by atoms with van der Waals surface area (Å²) in [6.07, 6.45) is 1.40. The van der Waals surface area contributed by atoms with Crippen LogP contribution in [0.15, 0.2) is 82.3 Å². The van der Waals surface area contributed by atoms with E-state index in [4.69, 9.17) is 9.15 Å². The highest BCUT2D eigenvalue weighted by molar-refractivity contribution is 7.99. The first-order valence-corrected chi connectivity index (χ1v) is 9.82. The summed E-state index contributed by atoms with van der Waals surface area (Å²) in [7, 11) is 0. The lowest BCUT2D eigenvalue weighted by atomic mass is 10.3. The van der Waals surface area contributed by atoms with Crippen molar-refractivity contribution in [3.05, 3.63) is 78.8 Å². The molecule has 3 rings (SSSR count). The molecule has 28 heavy (non-hydrogen) atoms. The van der Waals surface area contributed by atoms with E-state index in [9.17, 15) is 9.59 Å². The normalized spacial score (nSPS) is 10.3. The van der Waals surface area contributed by atoms with Crippen molar-refractivity contribution >= 4 is 42.3 Å². The van der Waals surface area contributed by atoms with E-state index in [1.165, 1.54) is 16.6 Å². The number of urea groups is 1. The Morgan fingerprint density at radius 1 is 1.04 bits per heavy atom. The number of carbonyl (C=O) groups excluding carboxylic acids is 2. The van der Waals surface area contributed by atoms with Crippen molar-refractivity contribution in [2.24, 2.45) is 0 Å². The third-order valence-electron chi connectivity index (χ3n) is 3.60. The van der Waals surface area contributed by atoms with E-state index in [1.807, 2.05) is 30.3 Å². The van der Waals surface area contributed by atoms with Crippen molar-refractivity contribution in [3.63, 3.8) is 0 Å². The number of anilines is 1. The number of carbonyl (C=O) groups is 2. The molecule has 0 spiro atoms. The van der Waals surface area contributed by atoms with E-state index in [-0.39, 0.29) is 11.8 Å². The van der Waals surface area contributed by atoms with Crippen molar-refractivity contribution in [2.75, 3.05) is 16.6 Å². The molecular formula is C20H18N2O4S2. The van der Waals surface area contributed by atoms with Crippen LogP contribution in [-0.4, -0.2) is 24.3 Å². The fraction of sp³-hybridized carbons (Fsp3) is 0.100. The monoisotopic (exact) mass is 414 g/mol. The van der Waals surface area contributed by atoms with Gasteiger partial charge in [0.25, 0.3) is 0 Å². The first kappa shape index (κ1) is 19.9. The Morgan fingerprint density at radius 3 is 2.46 bits per heavy atom. The van der Waals surface area contributed by atoms with Gasteiger partial charge in [-0.1, -0.05) is 31.0 Å². The Labute approximate surface area is 172 Å². The van der Waals surface area contributed by atoms with Crippen LogP contribution in [0.4, 0.5) is 10.5 Å². The van der Waals surface area contributed by atoms with E-state index in [1.54, 1.807) is 42.1 Å². The fourth-order valence-corrected chi connectivity index (χ4v) is 3.24. The maximum absolute atomic E-state index is 12.2. The van der Waals surface area contributed by atoms with Crippen LogP contribution in [0.2, 0.25) is 0 Å². The lowest BCUT2D eigenvalue weighted by molar-refractivity contribution is 0.0701. The summed E-state index contributed by atoms with van der Waals surface area (Å²) in [5, 5.41) is 2.81. The molecule has 0 fully saturated rings. The van der Waals surface area contributed by atoms with Crippen LogP contribution in [0.1, 0.15) is 10.6 Å². The first-order valence-electron chi connectivity index (χ1n) is 8.44. The molecule has 1 N–H and O–H groups in total. The minimum atomic E-state index is -0.589. The van der Waals surface area contributed by atoms with Gasteiger partial charge in [0.2, 0.25) is 5.76 Å². The molecule has 2 amide bonds. The summed E-state index contributed by atoms with van der Waals surface area (Å²) >= 11 is 5.89. The van der Waals surface area contributed by atoms with Gasteiger partial charge >= 0.3 is 12.0 Å². The molecule has 2 aromatic carbocycles. The highest BCUT2D eigenvalue weighted by Gasteiger charge is 2.14. The van der Waals surface area contributed by atoms with Crippen LogP contribution in [0.3, 0.4) is 0 Å². The standard InChI is InChI=1S/C20H18N2O4S2/c23-19(18-7-4-13-25-18)26-16-10-8-15(9-11-16)22(27)20(24)21-12-14-28-17-5-2-1-3-6-17/h1-11,13,27H,12,14H2,(H,21,24). The smallest absolute Gasteiger partial charge is 0.379 e. The summed E-state index contributed by atoms with van der Waals surface area (Å²) in [4.78, 5) is 25.2. The number of benzene rings is 2. The van der Waals surface area contributed by atoms with Crippen LogP contribution >= 0.6 is 24.6 Å². The third-order valence-corrected chi connectivity index (χ3v) is 5.02. The fourth-order valence-electron chi connectivity index (χ4n) is 2.24. The number of rotatable bonds is 7. The summed E-state index contributed by atoms with van der Waals surface area (Å²) in [6, 6.07) is 19.2. The van der Waals surface area contributed by atoms with Gasteiger partial charge in [-0.3, -0.25) is 0 Å². The minimum Gasteiger partial charge on any atom is -0.457 e. The second-order valence-electron chi connectivity index (χ2n) is 5.57. The molecule has 144 valence electrons. The van der Waals surface area contributed by atoms with E-state index < -0.39 is 5.97 Å². The molecule has 0 bridgehead atoms. The molecule has 6 nitrogen and oxygen atoms in total. The maximum Gasteiger partial charge on any atom is 0.379 e. The van der Waals surface area contributed by atoms with Crippen molar-refractivity contribution < 1.29 is 18.7 Å². The number of nitrogens with one attached hydrogen (secondary N) is 1. The number of ether oxygens (including phenoxy) is 1. The van der Waals surface area contributed by atoms with E-state index in [0.29, 0.717) is 18.0 Å². The van der Waals surface area contributed by atoms with Crippen LogP contribution in [0.5, 0.6) is 5.75 Å². The molecule has 8 heteroatoms. The number of thioether (sulfide) groups is 1. The molecule has 0 saturated carbocycles. The topological polar surface area (TPSA) is 71.8 Å². The summed E-state index contributed by atoms with van der Waals surface area (Å²) in [6.45, 7) is 0.508. The number of nitrogens with zero attached hydrogens (tertiary/aromatic N) is 1.